The normalized spacial score (nSPS) is 10.2. The van der Waals surface area contributed by atoms with Crippen LogP contribution in [-0.2, 0) is 0 Å². The van der Waals surface area contributed by atoms with E-state index in [9.17, 15) is 10.1 Å². The molecule has 0 atom stereocenters. The van der Waals surface area contributed by atoms with Crippen molar-refractivity contribution in [1.82, 2.24) is 9.97 Å². The van der Waals surface area contributed by atoms with E-state index < -0.39 is 4.92 Å². The number of ether oxygens (including phenoxy) is 1. The molecule has 0 fully saturated rings. The molecule has 0 aliphatic carbocycles. The summed E-state index contributed by atoms with van der Waals surface area (Å²) >= 11 is 0. The van der Waals surface area contributed by atoms with Crippen molar-refractivity contribution >= 4 is 11.6 Å². The minimum absolute atomic E-state index is 0.0850. The van der Waals surface area contributed by atoms with Gasteiger partial charge in [-0.25, -0.2) is 9.97 Å². The van der Waals surface area contributed by atoms with E-state index in [1.807, 2.05) is 6.92 Å². The number of hydrogen-bond donors (Lipinski definition) is 1. The summed E-state index contributed by atoms with van der Waals surface area (Å²) in [6, 6.07) is 7.02. The number of aromatic nitrogens is 2. The van der Waals surface area contributed by atoms with E-state index in [0.717, 1.165) is 0 Å². The summed E-state index contributed by atoms with van der Waals surface area (Å²) in [6.45, 7) is 4.06. The summed E-state index contributed by atoms with van der Waals surface area (Å²) in [7, 11) is 1.67. The molecule has 0 amide bonds. The van der Waals surface area contributed by atoms with Gasteiger partial charge in [0, 0.05) is 12.6 Å². The quantitative estimate of drug-likeness (QED) is 0.672. The topological polar surface area (TPSA) is 90.2 Å². The zero-order valence-corrected chi connectivity index (χ0v) is 12.1. The van der Waals surface area contributed by atoms with Crippen LogP contribution in [0.15, 0.2) is 24.3 Å². The van der Waals surface area contributed by atoms with Crippen molar-refractivity contribution in [2.24, 2.45) is 0 Å². The molecular formula is C14H16N4O3. The molecule has 2 aromatic rings. The molecular weight excluding hydrogens is 272 g/mol. The van der Waals surface area contributed by atoms with Crippen molar-refractivity contribution in [3.05, 3.63) is 40.1 Å². The second-order valence-electron chi connectivity index (χ2n) is 4.29. The average Bonchev–Trinajstić information content (AvgIpc) is 2.47. The summed E-state index contributed by atoms with van der Waals surface area (Å²) in [5.41, 5.74) is 1.17. The van der Waals surface area contributed by atoms with Gasteiger partial charge < -0.3 is 10.1 Å². The second-order valence-corrected chi connectivity index (χ2v) is 4.29. The first-order valence-corrected chi connectivity index (χ1v) is 6.50. The maximum absolute atomic E-state index is 11.3. The first-order valence-electron chi connectivity index (χ1n) is 6.50. The van der Waals surface area contributed by atoms with Crippen molar-refractivity contribution in [3.63, 3.8) is 0 Å². The van der Waals surface area contributed by atoms with Gasteiger partial charge in [-0.2, -0.15) is 0 Å². The third-order valence-corrected chi connectivity index (χ3v) is 2.90. The summed E-state index contributed by atoms with van der Waals surface area (Å²) < 4.78 is 5.36. The van der Waals surface area contributed by atoms with Crippen LogP contribution in [0.5, 0.6) is 5.75 Å². The molecule has 0 saturated carbocycles. The van der Waals surface area contributed by atoms with Gasteiger partial charge in [0.2, 0.25) is 5.95 Å². The van der Waals surface area contributed by atoms with Gasteiger partial charge in [-0.1, -0.05) is 0 Å². The Labute approximate surface area is 122 Å². The molecule has 110 valence electrons. The molecule has 1 heterocycles. The van der Waals surface area contributed by atoms with E-state index in [-0.39, 0.29) is 5.69 Å². The number of hydrogen-bond acceptors (Lipinski definition) is 6. The fourth-order valence-electron chi connectivity index (χ4n) is 1.97. The Kier molecular flexibility index (Phi) is 4.32. The van der Waals surface area contributed by atoms with Gasteiger partial charge >= 0.3 is 5.69 Å². The van der Waals surface area contributed by atoms with Gasteiger partial charge in [0.25, 0.3) is 0 Å². The largest absolute Gasteiger partial charge is 0.494 e. The van der Waals surface area contributed by atoms with Crippen LogP contribution in [0.3, 0.4) is 0 Å². The maximum Gasteiger partial charge on any atom is 0.316 e. The highest BCUT2D eigenvalue weighted by Gasteiger charge is 2.23. The lowest BCUT2D eigenvalue weighted by atomic mass is 10.1. The SMILES string of the molecule is CCOc1ccc(-c2nc(NC)nc(C)c2[N+](=O)[O-])cc1. The molecule has 0 unspecified atom stereocenters. The molecule has 1 N–H and O–H groups in total. The van der Waals surface area contributed by atoms with Crippen LogP contribution in [0.25, 0.3) is 11.3 Å². The Morgan fingerprint density at radius 3 is 2.48 bits per heavy atom. The van der Waals surface area contributed by atoms with E-state index in [2.05, 4.69) is 15.3 Å². The minimum atomic E-state index is -0.458. The van der Waals surface area contributed by atoms with Crippen molar-refractivity contribution in [2.45, 2.75) is 13.8 Å². The van der Waals surface area contributed by atoms with Crippen LogP contribution in [0, 0.1) is 17.0 Å². The number of nitro groups is 1. The highest BCUT2D eigenvalue weighted by molar-refractivity contribution is 5.72. The number of nitrogens with one attached hydrogen (secondary N) is 1. The monoisotopic (exact) mass is 288 g/mol. The maximum atomic E-state index is 11.3. The fraction of sp³-hybridized carbons (Fsp3) is 0.286. The number of aryl methyl sites for hydroxylation is 1. The average molecular weight is 288 g/mol. The molecule has 0 aliphatic heterocycles. The third-order valence-electron chi connectivity index (χ3n) is 2.90. The van der Waals surface area contributed by atoms with Crippen LogP contribution in [0.1, 0.15) is 12.6 Å². The Bertz CT molecular complexity index is 656. The van der Waals surface area contributed by atoms with Crippen LogP contribution in [0.4, 0.5) is 11.6 Å². The first kappa shape index (κ1) is 14.7. The molecule has 0 spiro atoms. The van der Waals surface area contributed by atoms with E-state index in [1.54, 1.807) is 38.2 Å². The standard InChI is InChI=1S/C14H16N4O3/c1-4-21-11-7-5-10(6-8-11)12-13(18(19)20)9(2)16-14(15-3)17-12/h5-8H,4H2,1-3H3,(H,15,16,17). The Balaban J connectivity index is 2.55. The van der Waals surface area contributed by atoms with Crippen LogP contribution < -0.4 is 10.1 Å². The Morgan fingerprint density at radius 1 is 1.29 bits per heavy atom. The smallest absolute Gasteiger partial charge is 0.316 e. The number of anilines is 1. The Morgan fingerprint density at radius 2 is 1.95 bits per heavy atom. The van der Waals surface area contributed by atoms with Gasteiger partial charge in [0.1, 0.15) is 11.4 Å². The molecule has 1 aromatic carbocycles. The van der Waals surface area contributed by atoms with E-state index in [4.69, 9.17) is 4.74 Å². The van der Waals surface area contributed by atoms with Crippen LogP contribution >= 0.6 is 0 Å². The third kappa shape index (κ3) is 3.07. The molecule has 7 heteroatoms. The van der Waals surface area contributed by atoms with Crippen molar-refractivity contribution < 1.29 is 9.66 Å². The van der Waals surface area contributed by atoms with E-state index >= 15 is 0 Å². The van der Waals surface area contributed by atoms with Crippen molar-refractivity contribution in [2.75, 3.05) is 19.0 Å². The molecule has 0 aliphatic rings. The van der Waals surface area contributed by atoms with E-state index in [1.165, 1.54) is 0 Å². The van der Waals surface area contributed by atoms with Crippen LogP contribution in [-0.4, -0.2) is 28.5 Å². The molecule has 1 aromatic heterocycles. The molecule has 0 bridgehead atoms. The molecule has 2 rings (SSSR count). The lowest BCUT2D eigenvalue weighted by molar-refractivity contribution is -0.385. The highest BCUT2D eigenvalue weighted by atomic mass is 16.6. The fourth-order valence-corrected chi connectivity index (χ4v) is 1.97. The number of rotatable bonds is 5. The summed E-state index contributed by atoms with van der Waals surface area (Å²) in [4.78, 5) is 19.1. The predicted octanol–water partition coefficient (Wildman–Crippen LogP) is 2.80. The predicted molar refractivity (Wildman–Crippen MR) is 79.6 cm³/mol. The lowest BCUT2D eigenvalue weighted by Crippen LogP contribution is -2.05. The Hall–Kier alpha value is -2.70. The summed E-state index contributed by atoms with van der Waals surface area (Å²) in [6.07, 6.45) is 0. The van der Waals surface area contributed by atoms with Gasteiger partial charge in [0.15, 0.2) is 5.69 Å². The minimum Gasteiger partial charge on any atom is -0.494 e. The van der Waals surface area contributed by atoms with E-state index in [0.29, 0.717) is 35.3 Å². The zero-order valence-electron chi connectivity index (χ0n) is 12.1. The number of nitrogens with zero attached hydrogens (tertiary/aromatic N) is 3. The van der Waals surface area contributed by atoms with Crippen molar-refractivity contribution in [3.8, 4) is 17.0 Å². The van der Waals surface area contributed by atoms with Crippen molar-refractivity contribution in [1.29, 1.82) is 0 Å². The van der Waals surface area contributed by atoms with Crippen LogP contribution in [0.2, 0.25) is 0 Å². The number of benzene rings is 1. The van der Waals surface area contributed by atoms with Gasteiger partial charge in [-0.15, -0.1) is 0 Å². The van der Waals surface area contributed by atoms with Gasteiger partial charge in [-0.05, 0) is 38.1 Å². The molecule has 21 heavy (non-hydrogen) atoms. The summed E-state index contributed by atoms with van der Waals surface area (Å²) in [5, 5.41) is 14.1. The second kappa shape index (κ2) is 6.17. The zero-order chi connectivity index (χ0) is 15.4. The van der Waals surface area contributed by atoms with Gasteiger partial charge in [0.05, 0.1) is 11.5 Å². The summed E-state index contributed by atoms with van der Waals surface area (Å²) in [5.74, 6) is 1.06. The highest BCUT2D eigenvalue weighted by Crippen LogP contribution is 2.32. The van der Waals surface area contributed by atoms with Gasteiger partial charge in [-0.3, -0.25) is 10.1 Å². The molecule has 7 nitrogen and oxygen atoms in total. The first-order chi connectivity index (χ1) is 10.1. The lowest BCUT2D eigenvalue weighted by Gasteiger charge is -2.08. The molecule has 0 radical (unpaired) electrons. The molecule has 0 saturated heterocycles.